The molecular weight excluding hydrogens is 196 g/mol. The van der Waals surface area contributed by atoms with E-state index in [0.29, 0.717) is 0 Å². The minimum Gasteiger partial charge on any atom is -0.392 e. The summed E-state index contributed by atoms with van der Waals surface area (Å²) in [6.45, 7) is 6.48. The molecule has 0 radical (unpaired) electrons. The molecular formula is C15H26O. The molecule has 0 aliphatic heterocycles. The van der Waals surface area contributed by atoms with Crippen LogP contribution in [0.1, 0.15) is 52.0 Å². The van der Waals surface area contributed by atoms with Gasteiger partial charge in [0.1, 0.15) is 0 Å². The molecule has 1 heteroatoms. The first-order valence-corrected chi connectivity index (χ1v) is 6.47. The summed E-state index contributed by atoms with van der Waals surface area (Å²) in [6, 6.07) is 9.52. The van der Waals surface area contributed by atoms with E-state index in [-0.39, 0.29) is 6.61 Å². The highest BCUT2D eigenvalue weighted by atomic mass is 16.3. The average molecular weight is 222 g/mol. The Morgan fingerprint density at radius 3 is 1.81 bits per heavy atom. The summed E-state index contributed by atoms with van der Waals surface area (Å²) in [7, 11) is 0. The lowest BCUT2D eigenvalue weighted by Crippen LogP contribution is -1.78. The second-order valence-corrected chi connectivity index (χ2v) is 4.03. The highest BCUT2D eigenvalue weighted by Crippen LogP contribution is 2.22. The Bertz CT molecular complexity index is 224. The van der Waals surface area contributed by atoms with Crippen molar-refractivity contribution >= 4 is 0 Å². The SMILES string of the molecule is CC.CC1CCCC1.OCc1ccccc1. The lowest BCUT2D eigenvalue weighted by molar-refractivity contribution is 0.282. The summed E-state index contributed by atoms with van der Waals surface area (Å²) in [5.41, 5.74) is 0.965. The Kier molecular flexibility index (Phi) is 10.1. The maximum atomic E-state index is 8.54. The minimum atomic E-state index is 0.140. The van der Waals surface area contributed by atoms with Crippen LogP contribution in [0.25, 0.3) is 0 Å². The van der Waals surface area contributed by atoms with E-state index in [4.69, 9.17) is 5.11 Å². The Balaban J connectivity index is 0.000000251. The maximum Gasteiger partial charge on any atom is 0.0681 e. The molecule has 0 unspecified atom stereocenters. The largest absolute Gasteiger partial charge is 0.392 e. The van der Waals surface area contributed by atoms with Crippen molar-refractivity contribution in [3.05, 3.63) is 35.9 Å². The molecule has 0 aromatic heterocycles. The molecule has 0 atom stereocenters. The van der Waals surface area contributed by atoms with Gasteiger partial charge in [0, 0.05) is 0 Å². The van der Waals surface area contributed by atoms with Gasteiger partial charge in [-0.05, 0) is 11.5 Å². The summed E-state index contributed by atoms with van der Waals surface area (Å²) in [6.07, 6.45) is 5.95. The van der Waals surface area contributed by atoms with Crippen LogP contribution >= 0.6 is 0 Å². The summed E-state index contributed by atoms with van der Waals surface area (Å²) in [5.74, 6) is 1.05. The standard InChI is InChI=1S/C7H8O.C6H12.C2H6/c8-6-7-4-2-1-3-5-7;1-6-4-2-3-5-6;1-2/h1-5,8H,6H2;6H,2-5H2,1H3;1-2H3. The fraction of sp³-hybridized carbons (Fsp3) is 0.600. The van der Waals surface area contributed by atoms with Crippen LogP contribution in [0.3, 0.4) is 0 Å². The third kappa shape index (κ3) is 7.47. The summed E-state index contributed by atoms with van der Waals surface area (Å²) >= 11 is 0. The molecule has 1 aromatic rings. The molecule has 2 rings (SSSR count). The predicted octanol–water partition coefficient (Wildman–Crippen LogP) is 4.40. The second kappa shape index (κ2) is 10.7. The molecule has 1 nitrogen and oxygen atoms in total. The molecule has 1 N–H and O–H groups in total. The number of hydrogen-bond acceptors (Lipinski definition) is 1. The Morgan fingerprint density at radius 2 is 1.56 bits per heavy atom. The molecule has 1 aliphatic rings. The summed E-state index contributed by atoms with van der Waals surface area (Å²) < 4.78 is 0. The number of aliphatic hydroxyl groups excluding tert-OH is 1. The zero-order valence-electron chi connectivity index (χ0n) is 10.9. The number of hydrogen-bond donors (Lipinski definition) is 1. The van der Waals surface area contributed by atoms with E-state index >= 15 is 0 Å². The molecule has 16 heavy (non-hydrogen) atoms. The van der Waals surface area contributed by atoms with Crippen molar-refractivity contribution in [2.24, 2.45) is 5.92 Å². The van der Waals surface area contributed by atoms with E-state index < -0.39 is 0 Å². The topological polar surface area (TPSA) is 20.2 Å². The molecule has 0 bridgehead atoms. The molecule has 1 aromatic carbocycles. The van der Waals surface area contributed by atoms with Gasteiger partial charge in [-0.1, -0.05) is 76.8 Å². The van der Waals surface area contributed by atoms with Crippen LogP contribution < -0.4 is 0 Å². The lowest BCUT2D eigenvalue weighted by Gasteiger charge is -1.91. The van der Waals surface area contributed by atoms with Gasteiger partial charge in [-0.15, -0.1) is 0 Å². The van der Waals surface area contributed by atoms with E-state index in [1.54, 1.807) is 0 Å². The molecule has 0 spiro atoms. The van der Waals surface area contributed by atoms with E-state index in [9.17, 15) is 0 Å². The Morgan fingerprint density at radius 1 is 1.06 bits per heavy atom. The van der Waals surface area contributed by atoms with Crippen molar-refractivity contribution in [1.29, 1.82) is 0 Å². The number of rotatable bonds is 1. The zero-order chi connectivity index (χ0) is 12.2. The van der Waals surface area contributed by atoms with Crippen LogP contribution in [0.5, 0.6) is 0 Å². The molecule has 0 heterocycles. The molecule has 1 fully saturated rings. The van der Waals surface area contributed by atoms with Crippen molar-refractivity contribution in [2.45, 2.75) is 53.1 Å². The first-order chi connectivity index (χ1) is 7.83. The number of aliphatic hydroxyl groups is 1. The minimum absolute atomic E-state index is 0.140. The maximum absolute atomic E-state index is 8.54. The van der Waals surface area contributed by atoms with Gasteiger partial charge in [-0.2, -0.15) is 0 Å². The summed E-state index contributed by atoms with van der Waals surface area (Å²) in [4.78, 5) is 0. The van der Waals surface area contributed by atoms with Crippen molar-refractivity contribution in [3.63, 3.8) is 0 Å². The van der Waals surface area contributed by atoms with Crippen molar-refractivity contribution < 1.29 is 5.11 Å². The summed E-state index contributed by atoms with van der Waals surface area (Å²) in [5, 5.41) is 8.54. The van der Waals surface area contributed by atoms with Crippen molar-refractivity contribution in [3.8, 4) is 0 Å². The molecule has 0 saturated heterocycles. The van der Waals surface area contributed by atoms with Crippen molar-refractivity contribution in [1.82, 2.24) is 0 Å². The average Bonchev–Trinajstić information content (AvgIpc) is 2.85. The van der Waals surface area contributed by atoms with Crippen LogP contribution in [-0.4, -0.2) is 5.11 Å². The van der Waals surface area contributed by atoms with Crippen LogP contribution in [0.2, 0.25) is 0 Å². The van der Waals surface area contributed by atoms with Crippen molar-refractivity contribution in [2.75, 3.05) is 0 Å². The van der Waals surface area contributed by atoms with Gasteiger partial charge in [-0.3, -0.25) is 0 Å². The van der Waals surface area contributed by atoms with Gasteiger partial charge in [0.2, 0.25) is 0 Å². The van der Waals surface area contributed by atoms with E-state index in [0.717, 1.165) is 11.5 Å². The third-order valence-corrected chi connectivity index (χ3v) is 2.67. The van der Waals surface area contributed by atoms with Crippen LogP contribution in [0.4, 0.5) is 0 Å². The van der Waals surface area contributed by atoms with E-state index in [1.807, 2.05) is 44.2 Å². The Labute approximate surface area is 101 Å². The molecule has 92 valence electrons. The highest BCUT2D eigenvalue weighted by Gasteiger charge is 2.07. The smallest absolute Gasteiger partial charge is 0.0681 e. The van der Waals surface area contributed by atoms with E-state index in [1.165, 1.54) is 25.7 Å². The quantitative estimate of drug-likeness (QED) is 0.746. The van der Waals surface area contributed by atoms with Gasteiger partial charge in [-0.25, -0.2) is 0 Å². The normalized spacial score (nSPS) is 14.5. The van der Waals surface area contributed by atoms with Crippen LogP contribution in [0.15, 0.2) is 30.3 Å². The zero-order valence-corrected chi connectivity index (χ0v) is 10.9. The highest BCUT2D eigenvalue weighted by molar-refractivity contribution is 5.12. The van der Waals surface area contributed by atoms with Crippen LogP contribution in [-0.2, 0) is 6.61 Å². The number of benzene rings is 1. The van der Waals surface area contributed by atoms with Gasteiger partial charge in [0.25, 0.3) is 0 Å². The first kappa shape index (κ1) is 15.2. The fourth-order valence-electron chi connectivity index (χ4n) is 1.71. The first-order valence-electron chi connectivity index (χ1n) is 6.47. The van der Waals surface area contributed by atoms with Gasteiger partial charge in [0.15, 0.2) is 0 Å². The van der Waals surface area contributed by atoms with Gasteiger partial charge >= 0.3 is 0 Å². The molecule has 0 amide bonds. The monoisotopic (exact) mass is 222 g/mol. The van der Waals surface area contributed by atoms with Gasteiger partial charge < -0.3 is 5.11 Å². The molecule has 1 aliphatic carbocycles. The third-order valence-electron chi connectivity index (χ3n) is 2.67. The second-order valence-electron chi connectivity index (χ2n) is 4.03. The van der Waals surface area contributed by atoms with Gasteiger partial charge in [0.05, 0.1) is 6.61 Å². The lowest BCUT2D eigenvalue weighted by atomic mass is 10.2. The molecule has 1 saturated carbocycles. The fourth-order valence-corrected chi connectivity index (χ4v) is 1.71. The van der Waals surface area contributed by atoms with Crippen LogP contribution in [0, 0.1) is 5.92 Å². The Hall–Kier alpha value is -0.820. The predicted molar refractivity (Wildman–Crippen MR) is 71.3 cm³/mol. The van der Waals surface area contributed by atoms with E-state index in [2.05, 4.69) is 6.92 Å².